The molecule has 1 aromatic heterocycles. The van der Waals surface area contributed by atoms with Crippen LogP contribution in [0.2, 0.25) is 35.7 Å². The van der Waals surface area contributed by atoms with Gasteiger partial charge in [0.1, 0.15) is 12.4 Å². The number of carbonyl (C=O) groups excluding carboxylic acids is 2. The molecule has 0 aliphatic carbocycles. The number of fused-ring (bicyclic) bond motifs is 1. The molecule has 4 rings (SSSR count). The fourth-order valence-electron chi connectivity index (χ4n) is 4.33. The number of methoxy groups -OCH3 is 1. The highest BCUT2D eigenvalue weighted by Crippen LogP contribution is 2.38. The van der Waals surface area contributed by atoms with Gasteiger partial charge in [0, 0.05) is 48.5 Å². The quantitative estimate of drug-likeness (QED) is 0.134. The molecule has 9 heteroatoms. The van der Waals surface area contributed by atoms with E-state index >= 15 is 0 Å². The molecule has 1 aliphatic rings. The van der Waals surface area contributed by atoms with E-state index in [0.29, 0.717) is 51.7 Å². The second-order valence-corrected chi connectivity index (χ2v) is 16.5. The number of para-hydroxylation sites is 1. The molecule has 1 amide bonds. The predicted molar refractivity (Wildman–Crippen MR) is 149 cm³/mol. The predicted octanol–water partition coefficient (Wildman–Crippen LogP) is 6.87. The number of anilines is 1. The van der Waals surface area contributed by atoms with Crippen LogP contribution in [-0.2, 0) is 21.0 Å². The Morgan fingerprint density at radius 1 is 1.14 bits per heavy atom. The third-order valence-electron chi connectivity index (χ3n) is 6.23. The lowest BCUT2D eigenvalue weighted by Crippen LogP contribution is -2.24. The highest BCUT2D eigenvalue weighted by Gasteiger charge is 2.30. The number of nitrogens with zero attached hydrogens (tertiary/aromatic N) is 2. The molecule has 2 heterocycles. The van der Waals surface area contributed by atoms with Crippen molar-refractivity contribution in [2.45, 2.75) is 38.8 Å². The molecule has 36 heavy (non-hydrogen) atoms. The van der Waals surface area contributed by atoms with E-state index < -0.39 is 14.0 Å². The minimum absolute atomic E-state index is 0.102. The number of ether oxygens (including phenoxy) is 2. The van der Waals surface area contributed by atoms with E-state index in [4.69, 9.17) is 32.7 Å². The van der Waals surface area contributed by atoms with Crippen LogP contribution < -0.4 is 4.90 Å². The van der Waals surface area contributed by atoms with Crippen molar-refractivity contribution in [1.82, 2.24) is 4.57 Å². The number of carbonyl (C=O) groups is 2. The van der Waals surface area contributed by atoms with Crippen molar-refractivity contribution in [2.24, 2.45) is 0 Å². The van der Waals surface area contributed by atoms with E-state index in [1.165, 1.54) is 7.11 Å². The third kappa shape index (κ3) is 5.54. The molecule has 1 aliphatic heterocycles. The molecule has 0 saturated carbocycles. The van der Waals surface area contributed by atoms with Crippen LogP contribution in [0, 0.1) is 0 Å². The molecule has 0 spiro atoms. The summed E-state index contributed by atoms with van der Waals surface area (Å²) in [4.78, 5) is 28.1. The van der Waals surface area contributed by atoms with Gasteiger partial charge < -0.3 is 18.9 Å². The van der Waals surface area contributed by atoms with E-state index in [0.717, 1.165) is 11.7 Å². The second-order valence-electron chi connectivity index (χ2n) is 10.0. The number of aromatic nitrogens is 1. The Morgan fingerprint density at radius 3 is 2.53 bits per heavy atom. The Labute approximate surface area is 222 Å². The van der Waals surface area contributed by atoms with Crippen LogP contribution in [-0.4, -0.2) is 44.8 Å². The van der Waals surface area contributed by atoms with E-state index in [2.05, 4.69) is 19.6 Å². The number of hydrogen-bond donors (Lipinski definition) is 0. The summed E-state index contributed by atoms with van der Waals surface area (Å²) in [6.45, 7) is 8.11. The van der Waals surface area contributed by atoms with Crippen LogP contribution in [0.25, 0.3) is 17.0 Å². The highest BCUT2D eigenvalue weighted by atomic mass is 35.5. The zero-order chi connectivity index (χ0) is 26.0. The molecule has 0 N–H and O–H groups in total. The Balaban J connectivity index is 1.81. The molecule has 6 nitrogen and oxygen atoms in total. The van der Waals surface area contributed by atoms with Gasteiger partial charge in [0.25, 0.3) is 5.91 Å². The molecule has 0 unspecified atom stereocenters. The van der Waals surface area contributed by atoms with Crippen molar-refractivity contribution in [2.75, 3.05) is 25.2 Å². The maximum Gasteiger partial charge on any atom is 0.355 e. The van der Waals surface area contributed by atoms with Crippen molar-refractivity contribution >= 4 is 65.8 Å². The molecular formula is C27H30Cl2N2O4Si. The summed E-state index contributed by atoms with van der Waals surface area (Å²) >= 11 is 13.0. The Hall–Kier alpha value is -2.58. The minimum atomic E-state index is -1.29. The van der Waals surface area contributed by atoms with Gasteiger partial charge in [-0.25, -0.2) is 4.79 Å². The van der Waals surface area contributed by atoms with E-state index in [1.807, 2.05) is 30.3 Å². The largest absolute Gasteiger partial charge is 0.464 e. The van der Waals surface area contributed by atoms with E-state index in [9.17, 15) is 9.59 Å². The lowest BCUT2D eigenvalue weighted by Gasteiger charge is -2.16. The lowest BCUT2D eigenvalue weighted by atomic mass is 10.1. The van der Waals surface area contributed by atoms with E-state index in [1.54, 1.807) is 27.7 Å². The number of esters is 1. The zero-order valence-electron chi connectivity index (χ0n) is 20.9. The Kier molecular flexibility index (Phi) is 7.95. The van der Waals surface area contributed by atoms with Crippen molar-refractivity contribution < 1.29 is 19.1 Å². The van der Waals surface area contributed by atoms with Gasteiger partial charge in [-0.05, 0) is 42.8 Å². The van der Waals surface area contributed by atoms with Crippen molar-refractivity contribution in [3.05, 3.63) is 69.3 Å². The topological polar surface area (TPSA) is 60.8 Å². The smallest absolute Gasteiger partial charge is 0.355 e. The van der Waals surface area contributed by atoms with Gasteiger partial charge in [-0.2, -0.15) is 0 Å². The summed E-state index contributed by atoms with van der Waals surface area (Å²) in [6, 6.07) is 13.9. The summed E-state index contributed by atoms with van der Waals surface area (Å²) < 4.78 is 12.9. The Morgan fingerprint density at radius 2 is 1.86 bits per heavy atom. The fourth-order valence-corrected chi connectivity index (χ4v) is 5.67. The van der Waals surface area contributed by atoms with Gasteiger partial charge in [0.2, 0.25) is 0 Å². The molecule has 2 aromatic carbocycles. The molecule has 0 radical (unpaired) electrons. The van der Waals surface area contributed by atoms with Gasteiger partial charge >= 0.3 is 5.97 Å². The minimum Gasteiger partial charge on any atom is -0.464 e. The molecule has 190 valence electrons. The monoisotopic (exact) mass is 544 g/mol. The number of benzene rings is 2. The first-order valence-corrected chi connectivity index (χ1v) is 16.3. The van der Waals surface area contributed by atoms with Crippen LogP contribution in [0.4, 0.5) is 5.69 Å². The summed E-state index contributed by atoms with van der Waals surface area (Å²) in [5, 5.41) is 1.46. The van der Waals surface area contributed by atoms with Gasteiger partial charge in [-0.1, -0.05) is 61.0 Å². The highest BCUT2D eigenvalue weighted by molar-refractivity contribution is 6.76. The maximum atomic E-state index is 13.3. The fraction of sp³-hybridized carbons (Fsp3) is 0.333. The van der Waals surface area contributed by atoms with Crippen LogP contribution in [0.5, 0.6) is 0 Å². The third-order valence-corrected chi connectivity index (χ3v) is 8.45. The van der Waals surface area contributed by atoms with E-state index in [-0.39, 0.29) is 18.3 Å². The Bertz CT molecular complexity index is 1330. The van der Waals surface area contributed by atoms with Crippen LogP contribution in [0.15, 0.2) is 48.0 Å². The maximum absolute atomic E-state index is 13.3. The zero-order valence-corrected chi connectivity index (χ0v) is 23.4. The molecule has 1 fully saturated rings. The number of halogens is 2. The average molecular weight is 546 g/mol. The number of hydrogen-bond acceptors (Lipinski definition) is 4. The van der Waals surface area contributed by atoms with Crippen molar-refractivity contribution in [3.63, 3.8) is 0 Å². The molecule has 3 aromatic rings. The summed E-state index contributed by atoms with van der Waals surface area (Å²) in [5.74, 6) is -0.640. The average Bonchev–Trinajstić information content (AvgIpc) is 3.34. The second kappa shape index (κ2) is 10.8. The molecular weight excluding hydrogens is 515 g/mol. The molecule has 0 atom stereocenters. The lowest BCUT2D eigenvalue weighted by molar-refractivity contribution is -0.114. The number of amides is 1. The summed E-state index contributed by atoms with van der Waals surface area (Å²) in [5.41, 5.74) is 2.89. The van der Waals surface area contributed by atoms with Crippen LogP contribution >= 0.6 is 23.2 Å². The van der Waals surface area contributed by atoms with Gasteiger partial charge in [-0.15, -0.1) is 0 Å². The number of rotatable bonds is 8. The molecule has 0 bridgehead atoms. The molecule has 1 saturated heterocycles. The van der Waals surface area contributed by atoms with Crippen molar-refractivity contribution in [3.8, 4) is 0 Å². The van der Waals surface area contributed by atoms with Crippen LogP contribution in [0.3, 0.4) is 0 Å². The standard InChI is InChI=1S/C27H30Cl2N2O4Si/c1-34-27(33)25-21(14-18-10-11-30(26(18)32)20-8-6-5-7-9-20)24-22(29)15-19(28)16-23(24)31(25)17-35-12-13-36(2,3)4/h5-9,14-16H,10-13,17H2,1-4H3/b18-14-. The SMILES string of the molecule is COC(=O)c1c(/C=C2/CCN(c3ccccc3)C2=O)c2c(Cl)cc(Cl)cc2n1COCC[Si](C)(C)C. The first-order valence-electron chi connectivity index (χ1n) is 11.9. The van der Waals surface area contributed by atoms with Crippen LogP contribution in [0.1, 0.15) is 22.5 Å². The van der Waals surface area contributed by atoms with Gasteiger partial charge in [0.05, 0.1) is 17.6 Å². The summed E-state index contributed by atoms with van der Waals surface area (Å²) in [7, 11) is 0.0423. The van der Waals surface area contributed by atoms with Gasteiger partial charge in [-0.3, -0.25) is 4.79 Å². The first kappa shape index (κ1) is 26.5. The van der Waals surface area contributed by atoms with Crippen molar-refractivity contribution in [1.29, 1.82) is 0 Å². The first-order chi connectivity index (χ1) is 17.1. The normalized spacial score (nSPS) is 15.3. The van der Waals surface area contributed by atoms with Gasteiger partial charge in [0.15, 0.2) is 0 Å². The summed E-state index contributed by atoms with van der Waals surface area (Å²) in [6.07, 6.45) is 2.30.